The number of hydrogen-bond acceptors (Lipinski definition) is 2. The van der Waals surface area contributed by atoms with Crippen molar-refractivity contribution in [3.63, 3.8) is 0 Å². The number of thiophene rings is 1. The number of rotatable bonds is 2. The SMILES string of the molecule is CO/C=C/c1ccc2sccc2c1. The van der Waals surface area contributed by atoms with Crippen LogP contribution in [0.25, 0.3) is 16.2 Å². The third kappa shape index (κ3) is 1.73. The smallest absolute Gasteiger partial charge is 0.0830 e. The lowest BCUT2D eigenvalue weighted by Gasteiger charge is -1.93. The number of hydrogen-bond donors (Lipinski definition) is 0. The first-order valence-corrected chi connectivity index (χ1v) is 4.95. The number of methoxy groups -OCH3 is 1. The molecule has 2 rings (SSSR count). The molecule has 0 aliphatic carbocycles. The van der Waals surface area contributed by atoms with Gasteiger partial charge in [0.25, 0.3) is 0 Å². The molecule has 0 amide bonds. The second kappa shape index (κ2) is 3.62. The van der Waals surface area contributed by atoms with Crippen LogP contribution in [0.3, 0.4) is 0 Å². The van der Waals surface area contributed by atoms with E-state index in [4.69, 9.17) is 4.74 Å². The van der Waals surface area contributed by atoms with Gasteiger partial charge in [0.2, 0.25) is 0 Å². The van der Waals surface area contributed by atoms with Crippen molar-refractivity contribution in [1.29, 1.82) is 0 Å². The molecule has 0 bridgehead atoms. The third-order valence-corrected chi connectivity index (χ3v) is 2.77. The molecule has 13 heavy (non-hydrogen) atoms. The van der Waals surface area contributed by atoms with Crippen LogP contribution in [0.15, 0.2) is 35.9 Å². The van der Waals surface area contributed by atoms with Crippen molar-refractivity contribution in [3.05, 3.63) is 41.5 Å². The maximum absolute atomic E-state index is 4.86. The fraction of sp³-hybridized carbons (Fsp3) is 0.0909. The summed E-state index contributed by atoms with van der Waals surface area (Å²) in [6.07, 6.45) is 3.64. The van der Waals surface area contributed by atoms with Gasteiger partial charge in [-0.25, -0.2) is 0 Å². The van der Waals surface area contributed by atoms with E-state index in [1.165, 1.54) is 15.6 Å². The van der Waals surface area contributed by atoms with Crippen LogP contribution in [0.2, 0.25) is 0 Å². The summed E-state index contributed by atoms with van der Waals surface area (Å²) >= 11 is 1.76. The Morgan fingerprint density at radius 1 is 1.31 bits per heavy atom. The molecule has 1 aromatic carbocycles. The highest BCUT2D eigenvalue weighted by Gasteiger charge is 1.94. The highest BCUT2D eigenvalue weighted by molar-refractivity contribution is 7.17. The van der Waals surface area contributed by atoms with Crippen molar-refractivity contribution in [3.8, 4) is 0 Å². The predicted octanol–water partition coefficient (Wildman–Crippen LogP) is 3.52. The molecule has 0 saturated carbocycles. The van der Waals surface area contributed by atoms with E-state index >= 15 is 0 Å². The fourth-order valence-corrected chi connectivity index (χ4v) is 2.01. The van der Waals surface area contributed by atoms with E-state index in [1.54, 1.807) is 24.7 Å². The van der Waals surface area contributed by atoms with E-state index in [9.17, 15) is 0 Å². The largest absolute Gasteiger partial charge is 0.504 e. The first-order chi connectivity index (χ1) is 6.40. The lowest BCUT2D eigenvalue weighted by atomic mass is 10.2. The Labute approximate surface area is 81.3 Å². The molecule has 0 radical (unpaired) electrons. The molecule has 0 atom stereocenters. The van der Waals surface area contributed by atoms with Crippen molar-refractivity contribution in [2.24, 2.45) is 0 Å². The highest BCUT2D eigenvalue weighted by atomic mass is 32.1. The lowest BCUT2D eigenvalue weighted by molar-refractivity contribution is 0.341. The van der Waals surface area contributed by atoms with Crippen LogP contribution in [0.4, 0.5) is 0 Å². The molecule has 66 valence electrons. The molecule has 0 aliphatic heterocycles. The van der Waals surface area contributed by atoms with Crippen molar-refractivity contribution >= 4 is 27.5 Å². The van der Waals surface area contributed by atoms with Gasteiger partial charge < -0.3 is 4.74 Å². The minimum absolute atomic E-state index is 1.17. The van der Waals surface area contributed by atoms with E-state index in [1.807, 2.05) is 6.08 Å². The van der Waals surface area contributed by atoms with Crippen molar-refractivity contribution in [2.45, 2.75) is 0 Å². The van der Waals surface area contributed by atoms with Crippen LogP contribution >= 0.6 is 11.3 Å². The average molecular weight is 190 g/mol. The van der Waals surface area contributed by atoms with Gasteiger partial charge in [-0.15, -0.1) is 11.3 Å². The predicted molar refractivity (Wildman–Crippen MR) is 57.9 cm³/mol. The van der Waals surface area contributed by atoms with E-state index in [0.717, 1.165) is 0 Å². The van der Waals surface area contributed by atoms with E-state index < -0.39 is 0 Å². The Morgan fingerprint density at radius 3 is 3.08 bits per heavy atom. The van der Waals surface area contributed by atoms with Gasteiger partial charge in [-0.2, -0.15) is 0 Å². The van der Waals surface area contributed by atoms with Gasteiger partial charge in [-0.1, -0.05) is 6.07 Å². The number of ether oxygens (including phenoxy) is 1. The fourth-order valence-electron chi connectivity index (χ4n) is 1.24. The summed E-state index contributed by atoms with van der Waals surface area (Å²) in [5.41, 5.74) is 1.17. The van der Waals surface area contributed by atoms with Gasteiger partial charge in [0, 0.05) is 4.70 Å². The zero-order valence-corrected chi connectivity index (χ0v) is 8.17. The van der Waals surface area contributed by atoms with E-state index in [2.05, 4.69) is 29.6 Å². The second-order valence-corrected chi connectivity index (χ2v) is 3.70. The summed E-state index contributed by atoms with van der Waals surface area (Å²) in [7, 11) is 1.65. The summed E-state index contributed by atoms with van der Waals surface area (Å²) in [6, 6.07) is 8.51. The van der Waals surface area contributed by atoms with E-state index in [-0.39, 0.29) is 0 Å². The molecular formula is C11H10OS. The summed E-state index contributed by atoms with van der Waals surface area (Å²) in [6.45, 7) is 0. The van der Waals surface area contributed by atoms with Gasteiger partial charge in [0.15, 0.2) is 0 Å². The standard InChI is InChI=1S/C11H10OS/c1-12-6-4-9-2-3-11-10(8-9)5-7-13-11/h2-8H,1H3/b6-4+. The van der Waals surface area contributed by atoms with Crippen LogP contribution in [-0.2, 0) is 4.74 Å². The molecule has 0 saturated heterocycles. The van der Waals surface area contributed by atoms with Crippen LogP contribution in [0, 0.1) is 0 Å². The Morgan fingerprint density at radius 2 is 2.23 bits per heavy atom. The van der Waals surface area contributed by atoms with Crippen molar-refractivity contribution < 1.29 is 4.74 Å². The third-order valence-electron chi connectivity index (χ3n) is 1.87. The monoisotopic (exact) mass is 190 g/mol. The zero-order valence-electron chi connectivity index (χ0n) is 7.36. The normalized spacial score (nSPS) is 11.2. The molecule has 2 heteroatoms. The Kier molecular flexibility index (Phi) is 2.32. The maximum atomic E-state index is 4.86. The van der Waals surface area contributed by atoms with Crippen LogP contribution in [-0.4, -0.2) is 7.11 Å². The zero-order chi connectivity index (χ0) is 9.10. The van der Waals surface area contributed by atoms with Crippen molar-refractivity contribution in [2.75, 3.05) is 7.11 Å². The molecule has 0 aliphatic rings. The van der Waals surface area contributed by atoms with Gasteiger partial charge in [-0.3, -0.25) is 0 Å². The molecule has 0 unspecified atom stereocenters. The van der Waals surface area contributed by atoms with Gasteiger partial charge in [0.1, 0.15) is 0 Å². The van der Waals surface area contributed by atoms with Crippen LogP contribution in [0.5, 0.6) is 0 Å². The lowest BCUT2D eigenvalue weighted by Crippen LogP contribution is -1.71. The highest BCUT2D eigenvalue weighted by Crippen LogP contribution is 2.22. The average Bonchev–Trinajstić information content (AvgIpc) is 2.61. The molecule has 1 aromatic heterocycles. The molecule has 0 N–H and O–H groups in total. The van der Waals surface area contributed by atoms with Gasteiger partial charge in [0.05, 0.1) is 13.4 Å². The maximum Gasteiger partial charge on any atom is 0.0830 e. The summed E-state index contributed by atoms with van der Waals surface area (Å²) in [5.74, 6) is 0. The van der Waals surface area contributed by atoms with Crippen LogP contribution in [0.1, 0.15) is 5.56 Å². The quantitative estimate of drug-likeness (QED) is 0.658. The van der Waals surface area contributed by atoms with Crippen molar-refractivity contribution in [1.82, 2.24) is 0 Å². The molecule has 2 aromatic rings. The second-order valence-electron chi connectivity index (χ2n) is 2.76. The summed E-state index contributed by atoms with van der Waals surface area (Å²) in [5, 5.41) is 3.40. The Bertz CT molecular complexity index is 428. The first-order valence-electron chi connectivity index (χ1n) is 4.07. The minimum atomic E-state index is 1.17. The summed E-state index contributed by atoms with van der Waals surface area (Å²) < 4.78 is 6.19. The Hall–Kier alpha value is -1.28. The topological polar surface area (TPSA) is 9.23 Å². The molecular weight excluding hydrogens is 180 g/mol. The van der Waals surface area contributed by atoms with Gasteiger partial charge >= 0.3 is 0 Å². The Balaban J connectivity index is 2.42. The molecule has 1 nitrogen and oxygen atoms in total. The summed E-state index contributed by atoms with van der Waals surface area (Å²) in [4.78, 5) is 0. The number of benzene rings is 1. The van der Waals surface area contributed by atoms with Gasteiger partial charge in [-0.05, 0) is 40.6 Å². The number of fused-ring (bicyclic) bond motifs is 1. The molecule has 1 heterocycles. The van der Waals surface area contributed by atoms with E-state index in [0.29, 0.717) is 0 Å². The minimum Gasteiger partial charge on any atom is -0.504 e. The molecule has 0 fully saturated rings. The van der Waals surface area contributed by atoms with Crippen LogP contribution < -0.4 is 0 Å². The first kappa shape index (κ1) is 8.32. The molecule has 0 spiro atoms.